The Kier molecular flexibility index (Phi) is 3.21. The first-order valence-electron chi connectivity index (χ1n) is 4.07. The van der Waals surface area contributed by atoms with Crippen LogP contribution < -0.4 is 0 Å². The first kappa shape index (κ1) is 10.7. The van der Waals surface area contributed by atoms with Gasteiger partial charge in [-0.15, -0.1) is 0 Å². The van der Waals surface area contributed by atoms with Crippen LogP contribution in [0.2, 0.25) is 0 Å². The zero-order chi connectivity index (χ0) is 10.7. The maximum absolute atomic E-state index is 10.3. The third-order valence-corrected chi connectivity index (χ3v) is 1.81. The summed E-state index contributed by atoms with van der Waals surface area (Å²) in [6, 6.07) is 0. The third-order valence-electron chi connectivity index (χ3n) is 1.81. The van der Waals surface area contributed by atoms with Gasteiger partial charge in [0.15, 0.2) is 0 Å². The number of hydrogen-bond donors (Lipinski definition) is 3. The molecule has 78 valence electrons. The summed E-state index contributed by atoms with van der Waals surface area (Å²) in [7, 11) is 1.67. The number of nitrogens with zero attached hydrogens (tertiary/aromatic N) is 2. The molecule has 0 bridgehead atoms. The van der Waals surface area contributed by atoms with Gasteiger partial charge in [-0.3, -0.25) is 9.48 Å². The monoisotopic (exact) mass is 200 g/mol. The Bertz CT molecular complexity index is 323. The lowest BCUT2D eigenvalue weighted by molar-refractivity contribution is -0.141. The average Bonchev–Trinajstić information content (AvgIpc) is 2.49. The van der Waals surface area contributed by atoms with Gasteiger partial charge in [0.25, 0.3) is 0 Å². The second-order valence-corrected chi connectivity index (χ2v) is 3.06. The quantitative estimate of drug-likeness (QED) is 0.596. The largest absolute Gasteiger partial charge is 0.481 e. The van der Waals surface area contributed by atoms with Crippen molar-refractivity contribution in [2.45, 2.75) is 18.6 Å². The van der Waals surface area contributed by atoms with E-state index in [0.717, 1.165) is 0 Å². The molecule has 0 fully saturated rings. The molecule has 1 aromatic rings. The van der Waals surface area contributed by atoms with E-state index >= 15 is 0 Å². The summed E-state index contributed by atoms with van der Waals surface area (Å²) in [5.41, 5.74) is 0.404. The normalized spacial score (nSPS) is 15.1. The maximum Gasteiger partial charge on any atom is 0.306 e. The fourth-order valence-corrected chi connectivity index (χ4v) is 1.11. The van der Waals surface area contributed by atoms with Crippen LogP contribution in [0.4, 0.5) is 0 Å². The minimum absolute atomic E-state index is 0.404. The highest BCUT2D eigenvalue weighted by molar-refractivity contribution is 5.67. The molecule has 6 nitrogen and oxygen atoms in total. The molecule has 0 aliphatic rings. The SMILES string of the molecule is Cn1cc(C(O)C(O)CC(=O)O)cn1. The van der Waals surface area contributed by atoms with E-state index < -0.39 is 24.6 Å². The minimum Gasteiger partial charge on any atom is -0.481 e. The van der Waals surface area contributed by atoms with Crippen molar-refractivity contribution in [3.8, 4) is 0 Å². The van der Waals surface area contributed by atoms with Gasteiger partial charge in [0.1, 0.15) is 6.10 Å². The molecule has 6 heteroatoms. The zero-order valence-corrected chi connectivity index (χ0v) is 7.66. The van der Waals surface area contributed by atoms with Crippen molar-refractivity contribution in [3.05, 3.63) is 18.0 Å². The van der Waals surface area contributed by atoms with Crippen molar-refractivity contribution < 1.29 is 20.1 Å². The molecule has 3 N–H and O–H groups in total. The predicted molar refractivity (Wildman–Crippen MR) is 46.4 cm³/mol. The van der Waals surface area contributed by atoms with E-state index in [1.165, 1.54) is 17.1 Å². The maximum atomic E-state index is 10.3. The Morgan fingerprint density at radius 1 is 1.64 bits per heavy atom. The molecule has 14 heavy (non-hydrogen) atoms. The van der Waals surface area contributed by atoms with Gasteiger partial charge in [0, 0.05) is 18.8 Å². The lowest BCUT2D eigenvalue weighted by Crippen LogP contribution is -2.21. The number of hydrogen-bond acceptors (Lipinski definition) is 4. The molecule has 0 radical (unpaired) electrons. The molecule has 1 heterocycles. The van der Waals surface area contributed by atoms with Crippen LogP contribution >= 0.6 is 0 Å². The van der Waals surface area contributed by atoms with Gasteiger partial charge in [0.05, 0.1) is 18.7 Å². The van der Waals surface area contributed by atoms with Gasteiger partial charge in [-0.2, -0.15) is 5.10 Å². The number of aromatic nitrogens is 2. The van der Waals surface area contributed by atoms with Crippen molar-refractivity contribution in [1.82, 2.24) is 9.78 Å². The number of carboxylic acid groups (broad SMARTS) is 1. The summed E-state index contributed by atoms with van der Waals surface area (Å²) < 4.78 is 1.46. The first-order valence-corrected chi connectivity index (χ1v) is 4.07. The minimum atomic E-state index is -1.31. The van der Waals surface area contributed by atoms with Gasteiger partial charge in [-0.25, -0.2) is 0 Å². The second-order valence-electron chi connectivity index (χ2n) is 3.06. The van der Waals surface area contributed by atoms with Crippen LogP contribution in [0.1, 0.15) is 18.1 Å². The lowest BCUT2D eigenvalue weighted by atomic mass is 10.1. The van der Waals surface area contributed by atoms with Gasteiger partial charge >= 0.3 is 5.97 Å². The molecule has 0 aliphatic carbocycles. The van der Waals surface area contributed by atoms with Crippen LogP contribution in [0.25, 0.3) is 0 Å². The summed E-state index contributed by atoms with van der Waals surface area (Å²) >= 11 is 0. The molecular formula is C8H12N2O4. The van der Waals surface area contributed by atoms with E-state index in [1.807, 2.05) is 0 Å². The molecule has 2 unspecified atom stereocenters. The van der Waals surface area contributed by atoms with Crippen LogP contribution in [0.5, 0.6) is 0 Å². The van der Waals surface area contributed by atoms with E-state index in [2.05, 4.69) is 5.10 Å². The highest BCUT2D eigenvalue weighted by Crippen LogP contribution is 2.17. The molecule has 0 amide bonds. The van der Waals surface area contributed by atoms with Crippen LogP contribution in [0.3, 0.4) is 0 Å². The van der Waals surface area contributed by atoms with Gasteiger partial charge in [0.2, 0.25) is 0 Å². The Labute approximate surface area is 80.4 Å². The van der Waals surface area contributed by atoms with Crippen molar-refractivity contribution >= 4 is 5.97 Å². The number of aliphatic hydroxyl groups is 2. The highest BCUT2D eigenvalue weighted by atomic mass is 16.4. The number of aryl methyl sites for hydroxylation is 1. The zero-order valence-electron chi connectivity index (χ0n) is 7.66. The number of carbonyl (C=O) groups is 1. The van der Waals surface area contributed by atoms with E-state index in [0.29, 0.717) is 5.56 Å². The molecule has 0 saturated heterocycles. The topological polar surface area (TPSA) is 95.6 Å². The van der Waals surface area contributed by atoms with Crippen molar-refractivity contribution in [2.75, 3.05) is 0 Å². The van der Waals surface area contributed by atoms with E-state index in [1.54, 1.807) is 7.05 Å². The average molecular weight is 200 g/mol. The van der Waals surface area contributed by atoms with E-state index in [4.69, 9.17) is 5.11 Å². The fraction of sp³-hybridized carbons (Fsp3) is 0.500. The standard InChI is InChI=1S/C8H12N2O4/c1-10-4-5(3-9-10)8(14)6(11)2-7(12)13/h3-4,6,8,11,14H,2H2,1H3,(H,12,13). The second kappa shape index (κ2) is 4.21. The van der Waals surface area contributed by atoms with Crippen molar-refractivity contribution in [1.29, 1.82) is 0 Å². The summed E-state index contributed by atoms with van der Waals surface area (Å²) in [6.07, 6.45) is -0.0989. The third kappa shape index (κ3) is 2.54. The Hall–Kier alpha value is -1.40. The van der Waals surface area contributed by atoms with E-state index in [-0.39, 0.29) is 0 Å². The van der Waals surface area contributed by atoms with Crippen LogP contribution in [0.15, 0.2) is 12.4 Å². The van der Waals surface area contributed by atoms with Gasteiger partial charge < -0.3 is 15.3 Å². The molecule has 0 aromatic carbocycles. The summed E-state index contributed by atoms with van der Waals surface area (Å²) in [6.45, 7) is 0. The smallest absolute Gasteiger partial charge is 0.306 e. The van der Waals surface area contributed by atoms with Gasteiger partial charge in [-0.1, -0.05) is 0 Å². The van der Waals surface area contributed by atoms with Crippen LogP contribution in [-0.2, 0) is 11.8 Å². The molecule has 0 aliphatic heterocycles. The fourth-order valence-electron chi connectivity index (χ4n) is 1.11. The summed E-state index contributed by atoms with van der Waals surface area (Å²) in [4.78, 5) is 10.3. The summed E-state index contributed by atoms with van der Waals surface area (Å²) in [5.74, 6) is -1.15. The number of rotatable bonds is 4. The Balaban J connectivity index is 2.65. The Morgan fingerprint density at radius 3 is 2.71 bits per heavy atom. The molecule has 0 spiro atoms. The molecule has 1 aromatic heterocycles. The van der Waals surface area contributed by atoms with Crippen molar-refractivity contribution in [3.63, 3.8) is 0 Å². The first-order chi connectivity index (χ1) is 6.50. The predicted octanol–water partition coefficient (Wildman–Crippen LogP) is -0.711. The number of aliphatic carboxylic acids is 1. The molecule has 2 atom stereocenters. The number of aliphatic hydroxyl groups excluding tert-OH is 2. The lowest BCUT2D eigenvalue weighted by Gasteiger charge is -2.13. The van der Waals surface area contributed by atoms with Gasteiger partial charge in [-0.05, 0) is 0 Å². The Morgan fingerprint density at radius 2 is 2.29 bits per heavy atom. The van der Waals surface area contributed by atoms with E-state index in [9.17, 15) is 15.0 Å². The van der Waals surface area contributed by atoms with Crippen molar-refractivity contribution in [2.24, 2.45) is 7.05 Å². The molecule has 0 saturated carbocycles. The van der Waals surface area contributed by atoms with Crippen LogP contribution in [-0.4, -0.2) is 37.2 Å². The molecule has 1 rings (SSSR count). The summed E-state index contributed by atoms with van der Waals surface area (Å²) in [5, 5.41) is 31.0. The van der Waals surface area contributed by atoms with Crippen LogP contribution in [0, 0.1) is 0 Å². The number of carboxylic acids is 1. The molecular weight excluding hydrogens is 188 g/mol. The highest BCUT2D eigenvalue weighted by Gasteiger charge is 2.21.